The summed E-state index contributed by atoms with van der Waals surface area (Å²) in [6, 6.07) is 8.38. The number of aromatic nitrogens is 5. The smallest absolute Gasteiger partial charge is 0.320 e. The Morgan fingerprint density at radius 1 is 1.18 bits per heavy atom. The number of carbonyl (C=O) groups is 1. The number of ether oxygens (including phenoxy) is 1. The number of likely N-dealkylation sites (N-methyl/N-ethyl adjacent to an activating group) is 1. The number of H-pyrrole nitrogens is 1. The third kappa shape index (κ3) is 4.54. The van der Waals surface area contributed by atoms with Crippen LogP contribution >= 0.6 is 11.6 Å². The molecule has 0 unspecified atom stereocenters. The second-order valence-electron chi connectivity index (χ2n) is 9.76. The first kappa shape index (κ1) is 24.6. The zero-order chi connectivity index (χ0) is 26.2. The number of aromatic amines is 1. The van der Waals surface area contributed by atoms with E-state index in [1.165, 1.54) is 6.08 Å². The van der Waals surface area contributed by atoms with Crippen molar-refractivity contribution in [3.63, 3.8) is 0 Å². The number of nitrogens with zero attached hydrogens (tertiary/aromatic N) is 7. The number of hydrogen-bond acceptors (Lipinski definition) is 8. The lowest BCUT2D eigenvalue weighted by atomic mass is 10.1. The van der Waals surface area contributed by atoms with Gasteiger partial charge in [0, 0.05) is 43.2 Å². The monoisotopic (exact) mass is 532 g/mol. The highest BCUT2D eigenvalue weighted by atomic mass is 35.5. The van der Waals surface area contributed by atoms with Crippen molar-refractivity contribution in [2.24, 2.45) is 0 Å². The molecule has 0 saturated carbocycles. The van der Waals surface area contributed by atoms with Gasteiger partial charge in [-0.3, -0.25) is 9.89 Å². The van der Waals surface area contributed by atoms with Gasteiger partial charge in [0.1, 0.15) is 12.4 Å². The molecule has 196 valence electrons. The second-order valence-corrected chi connectivity index (χ2v) is 10.2. The van der Waals surface area contributed by atoms with Crippen molar-refractivity contribution < 1.29 is 9.53 Å². The minimum Gasteiger partial charge on any atom is -0.462 e. The summed E-state index contributed by atoms with van der Waals surface area (Å²) in [6.45, 7) is 7.56. The average Bonchev–Trinajstić information content (AvgIpc) is 3.59. The fraction of sp³-hybridized carbons (Fsp3) is 0.370. The van der Waals surface area contributed by atoms with Gasteiger partial charge in [-0.1, -0.05) is 30.3 Å². The van der Waals surface area contributed by atoms with Crippen LogP contribution in [0.5, 0.6) is 6.01 Å². The Kier molecular flexibility index (Phi) is 6.59. The van der Waals surface area contributed by atoms with E-state index in [9.17, 15) is 4.79 Å². The summed E-state index contributed by atoms with van der Waals surface area (Å²) in [7, 11) is 2.12. The molecular weight excluding hydrogens is 504 g/mol. The van der Waals surface area contributed by atoms with Crippen LogP contribution in [-0.2, 0) is 4.79 Å². The summed E-state index contributed by atoms with van der Waals surface area (Å²) in [4.78, 5) is 32.8. The van der Waals surface area contributed by atoms with E-state index < -0.39 is 0 Å². The van der Waals surface area contributed by atoms with Crippen molar-refractivity contribution in [3.05, 3.63) is 48.1 Å². The van der Waals surface area contributed by atoms with E-state index >= 15 is 0 Å². The van der Waals surface area contributed by atoms with E-state index in [0.29, 0.717) is 67.0 Å². The van der Waals surface area contributed by atoms with Crippen LogP contribution < -0.4 is 9.64 Å². The molecule has 11 heteroatoms. The predicted molar refractivity (Wildman–Crippen MR) is 148 cm³/mol. The molecule has 1 amide bonds. The molecule has 6 rings (SSSR count). The first-order valence-electron chi connectivity index (χ1n) is 12.8. The van der Waals surface area contributed by atoms with Crippen LogP contribution in [-0.4, -0.2) is 93.3 Å². The third-order valence-corrected chi connectivity index (χ3v) is 7.77. The van der Waals surface area contributed by atoms with E-state index in [1.54, 1.807) is 11.1 Å². The van der Waals surface area contributed by atoms with Gasteiger partial charge in [0.2, 0.25) is 5.91 Å². The molecule has 3 aromatic heterocycles. The zero-order valence-corrected chi connectivity index (χ0v) is 22.0. The number of carbonyl (C=O) groups excluding carboxylic acids is 1. The maximum Gasteiger partial charge on any atom is 0.320 e. The third-order valence-electron chi connectivity index (χ3n) is 7.48. The van der Waals surface area contributed by atoms with Crippen molar-refractivity contribution >= 4 is 45.3 Å². The van der Waals surface area contributed by atoms with E-state index in [4.69, 9.17) is 31.3 Å². The summed E-state index contributed by atoms with van der Waals surface area (Å²) >= 11 is 6.83. The Morgan fingerprint density at radius 3 is 2.79 bits per heavy atom. The zero-order valence-electron chi connectivity index (χ0n) is 21.2. The van der Waals surface area contributed by atoms with Gasteiger partial charge < -0.3 is 19.4 Å². The number of nitrogens with one attached hydrogen (secondary N) is 1. The predicted octanol–water partition coefficient (Wildman–Crippen LogP) is 3.53. The molecule has 2 fully saturated rings. The van der Waals surface area contributed by atoms with Crippen LogP contribution in [0.2, 0.25) is 5.02 Å². The van der Waals surface area contributed by atoms with Gasteiger partial charge in [-0.15, -0.1) is 0 Å². The van der Waals surface area contributed by atoms with Gasteiger partial charge in [0.05, 0.1) is 27.8 Å². The highest BCUT2D eigenvalue weighted by Crippen LogP contribution is 2.36. The highest BCUT2D eigenvalue weighted by Gasteiger charge is 2.26. The number of likely N-dealkylation sites (tertiary alicyclic amines) is 1. The number of hydrogen-bond donors (Lipinski definition) is 1. The molecule has 0 aliphatic carbocycles. The van der Waals surface area contributed by atoms with Gasteiger partial charge in [0.15, 0.2) is 5.65 Å². The van der Waals surface area contributed by atoms with Gasteiger partial charge in [-0.25, -0.2) is 4.98 Å². The maximum atomic E-state index is 12.1. The lowest BCUT2D eigenvalue weighted by Crippen LogP contribution is -2.48. The molecule has 2 aliphatic rings. The summed E-state index contributed by atoms with van der Waals surface area (Å²) in [6.07, 6.45) is 5.37. The molecule has 0 bridgehead atoms. The molecule has 1 atom stereocenters. The van der Waals surface area contributed by atoms with Crippen LogP contribution in [0, 0.1) is 0 Å². The fourth-order valence-electron chi connectivity index (χ4n) is 5.29. The molecular formula is C27H29ClN8O2. The molecule has 4 aromatic rings. The van der Waals surface area contributed by atoms with Crippen molar-refractivity contribution in [2.75, 3.05) is 51.3 Å². The van der Waals surface area contributed by atoms with Crippen LogP contribution in [0.4, 0.5) is 5.82 Å². The van der Waals surface area contributed by atoms with E-state index in [2.05, 4.69) is 33.6 Å². The summed E-state index contributed by atoms with van der Waals surface area (Å²) in [5.74, 6) is 0.641. The normalized spacial score (nSPS) is 18.4. The Labute approximate surface area is 225 Å². The minimum absolute atomic E-state index is 0.0651. The number of benzene rings is 1. The van der Waals surface area contributed by atoms with Gasteiger partial charge >= 0.3 is 6.01 Å². The molecule has 5 heterocycles. The Hall–Kier alpha value is -3.76. The molecule has 0 spiro atoms. The molecule has 2 saturated heterocycles. The molecule has 10 nitrogen and oxygen atoms in total. The lowest BCUT2D eigenvalue weighted by molar-refractivity contribution is -0.126. The topological polar surface area (TPSA) is 103 Å². The average molecular weight is 533 g/mol. The van der Waals surface area contributed by atoms with Crippen molar-refractivity contribution in [1.82, 2.24) is 34.9 Å². The van der Waals surface area contributed by atoms with Crippen LogP contribution in [0.15, 0.2) is 43.1 Å². The van der Waals surface area contributed by atoms with E-state index in [1.807, 2.05) is 24.3 Å². The number of halogens is 1. The Morgan fingerprint density at radius 2 is 2.03 bits per heavy atom. The Balaban J connectivity index is 1.40. The summed E-state index contributed by atoms with van der Waals surface area (Å²) in [5, 5.41) is 9.34. The molecule has 2 aliphatic heterocycles. The number of pyridine rings is 1. The number of anilines is 1. The van der Waals surface area contributed by atoms with E-state index in [-0.39, 0.29) is 5.91 Å². The first-order chi connectivity index (χ1) is 18.5. The summed E-state index contributed by atoms with van der Waals surface area (Å²) < 4.78 is 6.15. The minimum atomic E-state index is -0.0651. The molecule has 1 N–H and O–H groups in total. The van der Waals surface area contributed by atoms with Crippen LogP contribution in [0.25, 0.3) is 33.2 Å². The second kappa shape index (κ2) is 10.2. The van der Waals surface area contributed by atoms with Crippen molar-refractivity contribution in [3.8, 4) is 17.3 Å². The quantitative estimate of drug-likeness (QED) is 0.376. The fourth-order valence-corrected chi connectivity index (χ4v) is 5.55. The number of piperazine rings is 1. The number of fused-ring (bicyclic) bond motifs is 2. The molecule has 0 radical (unpaired) electrons. The largest absolute Gasteiger partial charge is 0.462 e. The van der Waals surface area contributed by atoms with Crippen molar-refractivity contribution in [1.29, 1.82) is 0 Å². The van der Waals surface area contributed by atoms with E-state index in [0.717, 1.165) is 41.2 Å². The Bertz CT molecular complexity index is 1510. The SMILES string of the molecule is C=CC(=O)N1CCN(c2nc(OC[C@@H]3CCCN3C)nc3nc(-c4cccc5[nH]ncc45)c(Cl)cc23)CC1. The van der Waals surface area contributed by atoms with Gasteiger partial charge in [-0.05, 0) is 44.6 Å². The highest BCUT2D eigenvalue weighted by molar-refractivity contribution is 6.34. The summed E-state index contributed by atoms with van der Waals surface area (Å²) in [5.41, 5.74) is 2.91. The number of amides is 1. The first-order valence-corrected chi connectivity index (χ1v) is 13.2. The standard InChI is InChI=1S/C27H29ClN8O2/c1-3-23(37)35-10-12-36(13-11-35)26-19-14-21(28)24(18-7-4-8-22-20(18)15-29-33-22)30-25(19)31-27(32-26)38-16-17-6-5-9-34(17)2/h3-4,7-8,14-15,17H,1,5-6,9-13,16H2,2H3,(H,29,33)/t17-/m0/s1. The maximum absolute atomic E-state index is 12.1. The molecule has 1 aromatic carbocycles. The van der Waals surface area contributed by atoms with Crippen LogP contribution in [0.1, 0.15) is 12.8 Å². The van der Waals surface area contributed by atoms with Crippen LogP contribution in [0.3, 0.4) is 0 Å². The van der Waals surface area contributed by atoms with Gasteiger partial charge in [-0.2, -0.15) is 15.1 Å². The van der Waals surface area contributed by atoms with Crippen molar-refractivity contribution in [2.45, 2.75) is 18.9 Å². The lowest BCUT2D eigenvalue weighted by Gasteiger charge is -2.35. The van der Waals surface area contributed by atoms with Gasteiger partial charge in [0.25, 0.3) is 0 Å². The molecule has 38 heavy (non-hydrogen) atoms. The number of rotatable bonds is 6.